The Labute approximate surface area is 207 Å². The molecule has 1 saturated heterocycles. The van der Waals surface area contributed by atoms with Crippen LogP contribution in [0.15, 0.2) is 30.3 Å². The number of hydrogen-bond acceptors (Lipinski definition) is 5. The van der Waals surface area contributed by atoms with E-state index in [0.717, 1.165) is 5.56 Å². The van der Waals surface area contributed by atoms with E-state index in [4.69, 9.17) is 18.6 Å². The molecule has 0 N–H and O–H groups in total. The van der Waals surface area contributed by atoms with E-state index < -0.39 is 37.9 Å². The molecule has 1 heterocycles. The van der Waals surface area contributed by atoms with E-state index in [1.54, 1.807) is 4.90 Å². The maximum atomic E-state index is 13.1. The summed E-state index contributed by atoms with van der Waals surface area (Å²) in [6.45, 7) is 21.3. The summed E-state index contributed by atoms with van der Waals surface area (Å²) in [5, 5.41) is 0.106. The Kier molecular flexibility index (Phi) is 9.03. The zero-order valence-electron chi connectivity index (χ0n) is 22.7. The molecule has 190 valence electrons. The number of carbonyl (C=O) groups excluding carboxylic acids is 1. The molecular formula is C27H43NO5Si. The van der Waals surface area contributed by atoms with Gasteiger partial charge in [-0.3, -0.25) is 4.90 Å². The normalized spacial score (nSPS) is 19.4. The highest BCUT2D eigenvalue weighted by molar-refractivity contribution is 6.74. The van der Waals surface area contributed by atoms with Crippen LogP contribution in [0.3, 0.4) is 0 Å². The Balaban J connectivity index is 2.26. The summed E-state index contributed by atoms with van der Waals surface area (Å²) < 4.78 is 24.2. The van der Waals surface area contributed by atoms with Crippen molar-refractivity contribution in [3.63, 3.8) is 0 Å². The number of amides is 1. The predicted octanol–water partition coefficient (Wildman–Crippen LogP) is 5.97. The monoisotopic (exact) mass is 489 g/mol. The Bertz CT molecular complexity index is 874. The predicted molar refractivity (Wildman–Crippen MR) is 138 cm³/mol. The van der Waals surface area contributed by atoms with Gasteiger partial charge in [-0.05, 0) is 58.3 Å². The van der Waals surface area contributed by atoms with Crippen LogP contribution in [-0.2, 0) is 25.2 Å². The van der Waals surface area contributed by atoms with Crippen LogP contribution in [-0.4, -0.2) is 56.0 Å². The first kappa shape index (κ1) is 28.4. The summed E-state index contributed by atoms with van der Waals surface area (Å²) in [6, 6.07) is 9.52. The number of rotatable bonds is 6. The van der Waals surface area contributed by atoms with Crippen LogP contribution < -0.4 is 0 Å². The van der Waals surface area contributed by atoms with E-state index in [-0.39, 0.29) is 5.04 Å². The molecule has 0 saturated carbocycles. The summed E-state index contributed by atoms with van der Waals surface area (Å²) in [5.74, 6) is 6.40. The summed E-state index contributed by atoms with van der Waals surface area (Å²) >= 11 is 0. The Morgan fingerprint density at radius 2 is 1.79 bits per heavy atom. The standard InChI is InChI=1S/C27H43NO5Si/c1-25(2,3)33-24(29)28-22(20-31-27(28,7)8)23(30-19-21-15-12-11-13-16-21)17-14-18-32-34(9,10)26(4,5)6/h11-13,15-16,22-23H,18-20H2,1-10H3/t22-,23+/m0/s1. The van der Waals surface area contributed by atoms with Crippen molar-refractivity contribution in [1.29, 1.82) is 0 Å². The summed E-state index contributed by atoms with van der Waals surface area (Å²) in [4.78, 5) is 14.8. The largest absolute Gasteiger partial charge is 0.444 e. The summed E-state index contributed by atoms with van der Waals surface area (Å²) in [6.07, 6.45) is -0.995. The third kappa shape index (κ3) is 7.84. The molecule has 1 fully saturated rings. The second kappa shape index (κ2) is 10.8. The molecule has 0 spiro atoms. The van der Waals surface area contributed by atoms with Gasteiger partial charge < -0.3 is 18.6 Å². The van der Waals surface area contributed by atoms with Gasteiger partial charge in [0.25, 0.3) is 0 Å². The first-order chi connectivity index (χ1) is 15.5. The number of nitrogens with zero attached hydrogens (tertiary/aromatic N) is 1. The third-order valence-electron chi connectivity index (χ3n) is 6.29. The number of hydrogen-bond donors (Lipinski definition) is 0. The van der Waals surface area contributed by atoms with Crippen molar-refractivity contribution in [2.24, 2.45) is 0 Å². The van der Waals surface area contributed by atoms with Gasteiger partial charge in [0.2, 0.25) is 0 Å². The Hall–Kier alpha value is -1.85. The molecule has 0 bridgehead atoms. The van der Waals surface area contributed by atoms with Crippen LogP contribution in [0, 0.1) is 11.8 Å². The molecule has 0 aliphatic carbocycles. The zero-order chi connectivity index (χ0) is 25.8. The molecule has 1 amide bonds. The van der Waals surface area contributed by atoms with E-state index in [1.165, 1.54) is 0 Å². The second-order valence-corrected chi connectivity index (χ2v) is 16.6. The van der Waals surface area contributed by atoms with E-state index >= 15 is 0 Å². The van der Waals surface area contributed by atoms with Crippen LogP contribution >= 0.6 is 0 Å². The van der Waals surface area contributed by atoms with Crippen molar-refractivity contribution >= 4 is 14.4 Å². The maximum Gasteiger partial charge on any atom is 0.413 e. The fourth-order valence-corrected chi connectivity index (χ4v) is 4.17. The lowest BCUT2D eigenvalue weighted by molar-refractivity contribution is -0.0692. The van der Waals surface area contributed by atoms with Crippen molar-refractivity contribution < 1.29 is 23.4 Å². The first-order valence-corrected chi connectivity index (χ1v) is 14.9. The average molecular weight is 490 g/mol. The van der Waals surface area contributed by atoms with Crippen molar-refractivity contribution in [3.8, 4) is 11.8 Å². The highest BCUT2D eigenvalue weighted by Gasteiger charge is 2.49. The molecule has 0 radical (unpaired) electrons. The molecule has 1 aliphatic rings. The van der Waals surface area contributed by atoms with Crippen molar-refractivity contribution in [3.05, 3.63) is 35.9 Å². The Morgan fingerprint density at radius 3 is 2.35 bits per heavy atom. The van der Waals surface area contributed by atoms with Crippen LogP contribution in [0.25, 0.3) is 0 Å². The Morgan fingerprint density at radius 1 is 1.18 bits per heavy atom. The van der Waals surface area contributed by atoms with Gasteiger partial charge in [0.05, 0.1) is 25.9 Å². The second-order valence-electron chi connectivity index (χ2n) is 11.8. The van der Waals surface area contributed by atoms with Gasteiger partial charge in [-0.15, -0.1) is 0 Å². The fourth-order valence-electron chi connectivity index (χ4n) is 3.31. The van der Waals surface area contributed by atoms with Gasteiger partial charge in [0.15, 0.2) is 8.32 Å². The molecular weight excluding hydrogens is 446 g/mol. The van der Waals surface area contributed by atoms with E-state index in [9.17, 15) is 4.79 Å². The van der Waals surface area contributed by atoms with Gasteiger partial charge in [0, 0.05) is 0 Å². The lowest BCUT2D eigenvalue weighted by Gasteiger charge is -2.36. The molecule has 6 nitrogen and oxygen atoms in total. The number of benzene rings is 1. The molecule has 1 aliphatic heterocycles. The molecule has 2 atom stereocenters. The molecule has 1 aromatic rings. The minimum Gasteiger partial charge on any atom is -0.444 e. The van der Waals surface area contributed by atoms with Crippen LogP contribution in [0.2, 0.25) is 18.1 Å². The lowest BCUT2D eigenvalue weighted by atomic mass is 10.1. The highest BCUT2D eigenvalue weighted by Crippen LogP contribution is 2.36. The van der Waals surface area contributed by atoms with Crippen LogP contribution in [0.5, 0.6) is 0 Å². The third-order valence-corrected chi connectivity index (χ3v) is 10.8. The minimum absolute atomic E-state index is 0.106. The highest BCUT2D eigenvalue weighted by atomic mass is 28.4. The average Bonchev–Trinajstić information content (AvgIpc) is 3.01. The van der Waals surface area contributed by atoms with Crippen LogP contribution in [0.4, 0.5) is 4.79 Å². The van der Waals surface area contributed by atoms with Gasteiger partial charge in [0.1, 0.15) is 17.4 Å². The molecule has 0 unspecified atom stereocenters. The molecule has 1 aromatic carbocycles. The number of carbonyl (C=O) groups is 1. The molecule has 7 heteroatoms. The minimum atomic E-state index is -1.91. The van der Waals surface area contributed by atoms with E-state index in [0.29, 0.717) is 19.8 Å². The zero-order valence-corrected chi connectivity index (χ0v) is 23.7. The number of ether oxygens (including phenoxy) is 3. The van der Waals surface area contributed by atoms with Crippen LogP contribution in [0.1, 0.15) is 61.0 Å². The smallest absolute Gasteiger partial charge is 0.413 e. The van der Waals surface area contributed by atoms with Gasteiger partial charge in [-0.1, -0.05) is 62.9 Å². The summed E-state index contributed by atoms with van der Waals surface area (Å²) in [5.41, 5.74) is -0.418. The first-order valence-electron chi connectivity index (χ1n) is 12.0. The molecule has 34 heavy (non-hydrogen) atoms. The SMILES string of the molecule is CC(C)(C)OC(=O)N1[C@H]([C@@H](C#CCO[Si](C)(C)C(C)(C)C)OCc2ccccc2)COC1(C)C. The van der Waals surface area contributed by atoms with Gasteiger partial charge in [-0.2, -0.15) is 0 Å². The quantitative estimate of drug-likeness (QED) is 0.364. The lowest BCUT2D eigenvalue weighted by Crippen LogP contribution is -2.53. The van der Waals surface area contributed by atoms with Crippen molar-refractivity contribution in [2.75, 3.05) is 13.2 Å². The topological polar surface area (TPSA) is 57.2 Å². The van der Waals surface area contributed by atoms with E-state index in [1.807, 2.05) is 65.0 Å². The fraction of sp³-hybridized carbons (Fsp3) is 0.667. The molecule has 0 aromatic heterocycles. The van der Waals surface area contributed by atoms with Crippen molar-refractivity contribution in [1.82, 2.24) is 4.90 Å². The van der Waals surface area contributed by atoms with E-state index in [2.05, 4.69) is 45.7 Å². The van der Waals surface area contributed by atoms with Crippen molar-refractivity contribution in [2.45, 2.75) is 104 Å². The van der Waals surface area contributed by atoms with Gasteiger partial charge in [-0.25, -0.2) is 4.79 Å². The van der Waals surface area contributed by atoms with Gasteiger partial charge >= 0.3 is 6.09 Å². The maximum absolute atomic E-state index is 13.1. The molecule has 2 rings (SSSR count). The summed E-state index contributed by atoms with van der Waals surface area (Å²) in [7, 11) is -1.91.